The van der Waals surface area contributed by atoms with Gasteiger partial charge in [0.15, 0.2) is 0 Å². The molecule has 0 radical (unpaired) electrons. The van der Waals surface area contributed by atoms with Crippen molar-refractivity contribution in [3.63, 3.8) is 0 Å². The quantitative estimate of drug-likeness (QED) is 0.577. The van der Waals surface area contributed by atoms with E-state index in [2.05, 4.69) is 0 Å². The van der Waals surface area contributed by atoms with Crippen molar-refractivity contribution in [3.05, 3.63) is 60.7 Å². The molecule has 0 unspecified atom stereocenters. The van der Waals surface area contributed by atoms with Crippen molar-refractivity contribution in [3.8, 4) is 11.5 Å². The predicted octanol–water partition coefficient (Wildman–Crippen LogP) is 4.34. The van der Waals surface area contributed by atoms with Crippen molar-refractivity contribution in [2.75, 3.05) is 14.2 Å². The molecule has 3 rings (SSSR count). The minimum absolute atomic E-state index is 0.322. The Kier molecular flexibility index (Phi) is 21.1. The van der Waals surface area contributed by atoms with Gasteiger partial charge < -0.3 is 20.4 Å². The maximum absolute atomic E-state index is 8.63. The molecule has 0 atom stereocenters. The number of aromatic hydroxyl groups is 2. The van der Waals surface area contributed by atoms with E-state index in [4.69, 9.17) is 20.4 Å². The number of hydrogen-bond acceptors (Lipinski definition) is 4. The zero-order valence-electron chi connectivity index (χ0n) is 14.8. The SMILES string of the molecule is C1CCCCC1.CO.CO.Oc1ccccc1.Oc1ccccc1. The molecule has 4 heteroatoms. The Labute approximate surface area is 146 Å². The van der Waals surface area contributed by atoms with E-state index in [-0.39, 0.29) is 0 Å². The molecule has 136 valence electrons. The number of hydrogen-bond donors (Lipinski definition) is 4. The average molecular weight is 336 g/mol. The van der Waals surface area contributed by atoms with Crippen LogP contribution in [-0.2, 0) is 0 Å². The van der Waals surface area contributed by atoms with Crippen molar-refractivity contribution in [1.29, 1.82) is 0 Å². The van der Waals surface area contributed by atoms with E-state index < -0.39 is 0 Å². The number of para-hydroxylation sites is 2. The standard InChI is InChI=1S/2C6H6O.C6H12.2CH4O/c2*7-6-4-2-1-3-5-6;1-2-4-6-5-3-1;2*1-2/h2*1-5,7H;1-6H2;2*2H,1H3. The van der Waals surface area contributed by atoms with E-state index in [1.54, 1.807) is 48.5 Å². The number of phenolic OH excluding ortho intramolecular Hbond substituents is 2. The van der Waals surface area contributed by atoms with Gasteiger partial charge in [-0.3, -0.25) is 0 Å². The second-order valence-corrected chi connectivity index (χ2v) is 4.79. The third-order valence-electron chi connectivity index (χ3n) is 3.01. The Bertz CT molecular complexity index is 379. The van der Waals surface area contributed by atoms with Crippen LogP contribution in [0.25, 0.3) is 0 Å². The molecule has 0 saturated heterocycles. The molecule has 0 aliphatic heterocycles. The Morgan fingerprint density at radius 2 is 0.667 bits per heavy atom. The van der Waals surface area contributed by atoms with Crippen LogP contribution >= 0.6 is 0 Å². The second-order valence-electron chi connectivity index (χ2n) is 4.79. The van der Waals surface area contributed by atoms with Crippen LogP contribution < -0.4 is 0 Å². The maximum atomic E-state index is 8.63. The summed E-state index contributed by atoms with van der Waals surface area (Å²) < 4.78 is 0. The summed E-state index contributed by atoms with van der Waals surface area (Å²) in [6, 6.07) is 17.4. The lowest BCUT2D eigenvalue weighted by molar-refractivity contribution is 0.399. The highest BCUT2D eigenvalue weighted by molar-refractivity contribution is 5.19. The van der Waals surface area contributed by atoms with Crippen LogP contribution in [0.1, 0.15) is 38.5 Å². The van der Waals surface area contributed by atoms with Gasteiger partial charge in [-0.15, -0.1) is 0 Å². The van der Waals surface area contributed by atoms with Crippen LogP contribution in [0.15, 0.2) is 60.7 Å². The van der Waals surface area contributed by atoms with Gasteiger partial charge in [-0.25, -0.2) is 0 Å². The van der Waals surface area contributed by atoms with Crippen LogP contribution in [0.3, 0.4) is 0 Å². The normalized spacial score (nSPS) is 11.5. The average Bonchev–Trinajstić information content (AvgIpc) is 2.69. The van der Waals surface area contributed by atoms with Gasteiger partial charge in [0.2, 0.25) is 0 Å². The molecule has 1 aliphatic rings. The molecule has 4 N–H and O–H groups in total. The van der Waals surface area contributed by atoms with E-state index >= 15 is 0 Å². The molecule has 0 aromatic heterocycles. The number of aliphatic hydroxyl groups excluding tert-OH is 2. The van der Waals surface area contributed by atoms with E-state index in [9.17, 15) is 0 Å². The van der Waals surface area contributed by atoms with Gasteiger partial charge in [0.05, 0.1) is 0 Å². The minimum Gasteiger partial charge on any atom is -0.508 e. The first-order valence-electron chi connectivity index (χ1n) is 8.16. The van der Waals surface area contributed by atoms with Gasteiger partial charge in [-0.2, -0.15) is 0 Å². The van der Waals surface area contributed by atoms with Crippen molar-refractivity contribution >= 4 is 0 Å². The molecular weight excluding hydrogens is 304 g/mol. The van der Waals surface area contributed by atoms with Crippen LogP contribution in [0.2, 0.25) is 0 Å². The summed E-state index contributed by atoms with van der Waals surface area (Å²) in [6.07, 6.45) is 9.00. The molecule has 2 aromatic carbocycles. The largest absolute Gasteiger partial charge is 0.508 e. The summed E-state index contributed by atoms with van der Waals surface area (Å²) in [7, 11) is 2.00. The van der Waals surface area contributed by atoms with Crippen molar-refractivity contribution in [1.82, 2.24) is 0 Å². The third kappa shape index (κ3) is 18.0. The van der Waals surface area contributed by atoms with E-state index in [1.807, 2.05) is 12.1 Å². The van der Waals surface area contributed by atoms with Gasteiger partial charge in [0.1, 0.15) is 11.5 Å². The molecular formula is C20H32O4. The van der Waals surface area contributed by atoms with E-state index in [0.29, 0.717) is 11.5 Å². The molecule has 2 aromatic rings. The summed E-state index contributed by atoms with van der Waals surface area (Å²) in [5.41, 5.74) is 0. The highest BCUT2D eigenvalue weighted by Crippen LogP contribution is 2.15. The molecule has 0 heterocycles. The molecule has 1 fully saturated rings. The second kappa shape index (κ2) is 21.0. The Balaban J connectivity index is 0. The highest BCUT2D eigenvalue weighted by atomic mass is 16.3. The van der Waals surface area contributed by atoms with Gasteiger partial charge in [-0.05, 0) is 24.3 Å². The van der Waals surface area contributed by atoms with Crippen LogP contribution in [0.5, 0.6) is 11.5 Å². The number of benzene rings is 2. The zero-order valence-corrected chi connectivity index (χ0v) is 14.8. The van der Waals surface area contributed by atoms with E-state index in [1.165, 1.54) is 38.5 Å². The fourth-order valence-electron chi connectivity index (χ4n) is 1.92. The Morgan fingerprint density at radius 1 is 0.458 bits per heavy atom. The summed E-state index contributed by atoms with van der Waals surface area (Å²) in [6.45, 7) is 0. The molecule has 1 aliphatic carbocycles. The molecule has 24 heavy (non-hydrogen) atoms. The fourth-order valence-corrected chi connectivity index (χ4v) is 1.92. The first-order chi connectivity index (χ1) is 11.8. The first-order valence-corrected chi connectivity index (χ1v) is 8.16. The van der Waals surface area contributed by atoms with Crippen molar-refractivity contribution in [2.24, 2.45) is 0 Å². The monoisotopic (exact) mass is 336 g/mol. The highest BCUT2D eigenvalue weighted by Gasteiger charge is 1.95. The number of rotatable bonds is 0. The number of aliphatic hydroxyl groups is 2. The van der Waals surface area contributed by atoms with Gasteiger partial charge in [0, 0.05) is 14.2 Å². The van der Waals surface area contributed by atoms with Crippen LogP contribution in [-0.4, -0.2) is 34.6 Å². The third-order valence-corrected chi connectivity index (χ3v) is 3.01. The van der Waals surface area contributed by atoms with E-state index in [0.717, 1.165) is 14.2 Å². The topological polar surface area (TPSA) is 80.9 Å². The van der Waals surface area contributed by atoms with Gasteiger partial charge in [0.25, 0.3) is 0 Å². The lowest BCUT2D eigenvalue weighted by Gasteiger charge is -2.05. The fraction of sp³-hybridized carbons (Fsp3) is 0.400. The zero-order chi connectivity index (χ0) is 18.5. The maximum Gasteiger partial charge on any atom is 0.115 e. The summed E-state index contributed by atoms with van der Waals surface area (Å²) in [5, 5.41) is 31.3. The summed E-state index contributed by atoms with van der Waals surface area (Å²) in [4.78, 5) is 0. The molecule has 0 amide bonds. The molecule has 1 saturated carbocycles. The summed E-state index contributed by atoms with van der Waals surface area (Å²) in [5.74, 6) is 0.644. The van der Waals surface area contributed by atoms with Crippen molar-refractivity contribution < 1.29 is 20.4 Å². The number of phenols is 2. The van der Waals surface area contributed by atoms with Crippen LogP contribution in [0.4, 0.5) is 0 Å². The molecule has 4 nitrogen and oxygen atoms in total. The Morgan fingerprint density at radius 3 is 0.792 bits per heavy atom. The molecule has 0 spiro atoms. The lowest BCUT2D eigenvalue weighted by Crippen LogP contribution is -1.85. The van der Waals surface area contributed by atoms with Gasteiger partial charge in [-0.1, -0.05) is 74.9 Å². The summed E-state index contributed by atoms with van der Waals surface area (Å²) >= 11 is 0. The van der Waals surface area contributed by atoms with Crippen LogP contribution in [0, 0.1) is 0 Å². The van der Waals surface area contributed by atoms with Crippen molar-refractivity contribution in [2.45, 2.75) is 38.5 Å². The minimum atomic E-state index is 0.322. The smallest absolute Gasteiger partial charge is 0.115 e. The van der Waals surface area contributed by atoms with Gasteiger partial charge >= 0.3 is 0 Å². The Hall–Kier alpha value is -2.04. The molecule has 0 bridgehead atoms. The lowest BCUT2D eigenvalue weighted by atomic mass is 10.0. The predicted molar refractivity (Wildman–Crippen MR) is 100 cm³/mol. The first kappa shape index (κ1) is 24.2.